The summed E-state index contributed by atoms with van der Waals surface area (Å²) in [6, 6.07) is 5.61. The summed E-state index contributed by atoms with van der Waals surface area (Å²) in [6.45, 7) is 3.87. The van der Waals surface area contributed by atoms with Gasteiger partial charge in [-0.1, -0.05) is 19.1 Å². The van der Waals surface area contributed by atoms with E-state index in [9.17, 15) is 13.2 Å². The summed E-state index contributed by atoms with van der Waals surface area (Å²) in [5.74, 6) is -0.986. The van der Waals surface area contributed by atoms with E-state index in [0.717, 1.165) is 17.5 Å². The number of benzene rings is 1. The Hall–Kier alpha value is -2.05. The van der Waals surface area contributed by atoms with Gasteiger partial charge in [0, 0.05) is 14.1 Å². The van der Waals surface area contributed by atoms with Gasteiger partial charge in [-0.05, 0) is 30.5 Å². The zero-order chi connectivity index (χ0) is 15.8. The van der Waals surface area contributed by atoms with E-state index < -0.39 is 12.0 Å². The second-order valence-corrected chi connectivity index (χ2v) is 5.01. The Kier molecular flexibility index (Phi) is 3.93. The van der Waals surface area contributed by atoms with Crippen molar-refractivity contribution in [1.82, 2.24) is 14.8 Å². The maximum atomic E-state index is 12.8. The van der Waals surface area contributed by atoms with Crippen LogP contribution in [0.3, 0.4) is 0 Å². The number of hydrogen-bond acceptors (Lipinski definition) is 3. The minimum Gasteiger partial charge on any atom is -0.347 e. The molecule has 0 saturated heterocycles. The summed E-state index contributed by atoms with van der Waals surface area (Å²) in [5, 5.41) is 3.63. The van der Waals surface area contributed by atoms with Gasteiger partial charge in [-0.15, -0.1) is 5.10 Å². The monoisotopic (exact) mass is 298 g/mol. The third-order valence-electron chi connectivity index (χ3n) is 3.14. The topological polar surface area (TPSA) is 34.0 Å². The van der Waals surface area contributed by atoms with Crippen LogP contribution in [-0.4, -0.2) is 28.9 Å². The van der Waals surface area contributed by atoms with Crippen LogP contribution >= 0.6 is 0 Å². The first-order valence-corrected chi connectivity index (χ1v) is 6.55. The molecule has 0 amide bonds. The molecule has 2 aromatic rings. The van der Waals surface area contributed by atoms with Gasteiger partial charge in [0.1, 0.15) is 0 Å². The molecule has 21 heavy (non-hydrogen) atoms. The second-order valence-electron chi connectivity index (χ2n) is 5.01. The number of hydrogen-bond donors (Lipinski definition) is 0. The second kappa shape index (κ2) is 5.38. The number of alkyl halides is 3. The van der Waals surface area contributed by atoms with Crippen LogP contribution in [0, 0.1) is 6.92 Å². The molecule has 0 aliphatic rings. The molecule has 1 aromatic heterocycles. The molecule has 0 saturated carbocycles. The lowest BCUT2D eigenvalue weighted by molar-refractivity contribution is -0.144. The van der Waals surface area contributed by atoms with Crippen molar-refractivity contribution in [2.24, 2.45) is 0 Å². The summed E-state index contributed by atoms with van der Waals surface area (Å²) in [6.07, 6.45) is -3.69. The lowest BCUT2D eigenvalue weighted by Crippen LogP contribution is -2.15. The van der Waals surface area contributed by atoms with Crippen molar-refractivity contribution in [3.05, 3.63) is 35.2 Å². The van der Waals surface area contributed by atoms with Crippen molar-refractivity contribution in [3.8, 4) is 5.69 Å². The Balaban J connectivity index is 2.60. The molecule has 0 radical (unpaired) electrons. The Morgan fingerprint density at radius 1 is 1.24 bits per heavy atom. The van der Waals surface area contributed by atoms with Crippen molar-refractivity contribution in [1.29, 1.82) is 0 Å². The molecule has 0 atom stereocenters. The highest BCUT2D eigenvalue weighted by molar-refractivity contribution is 5.47. The minimum absolute atomic E-state index is 0.148. The molecular weight excluding hydrogens is 281 g/mol. The van der Waals surface area contributed by atoms with E-state index >= 15 is 0 Å². The zero-order valence-electron chi connectivity index (χ0n) is 12.4. The Bertz CT molecular complexity index is 644. The Labute approximate surface area is 121 Å². The predicted molar refractivity (Wildman–Crippen MR) is 74.8 cm³/mol. The highest BCUT2D eigenvalue weighted by Gasteiger charge is 2.37. The molecule has 0 unspecified atom stereocenters. The van der Waals surface area contributed by atoms with Gasteiger partial charge in [-0.25, -0.2) is 0 Å². The number of aromatic nitrogens is 3. The molecule has 4 nitrogen and oxygen atoms in total. The summed E-state index contributed by atoms with van der Waals surface area (Å²) in [4.78, 5) is 5.10. The van der Waals surface area contributed by atoms with Crippen molar-refractivity contribution < 1.29 is 13.2 Å². The van der Waals surface area contributed by atoms with Gasteiger partial charge in [0.2, 0.25) is 5.95 Å². The fraction of sp³-hybridized carbons (Fsp3) is 0.429. The molecule has 1 heterocycles. The van der Waals surface area contributed by atoms with E-state index in [4.69, 9.17) is 0 Å². The number of nitrogens with zero attached hydrogens (tertiary/aromatic N) is 4. The first kappa shape index (κ1) is 15.3. The summed E-state index contributed by atoms with van der Waals surface area (Å²) in [7, 11) is 3.27. The van der Waals surface area contributed by atoms with Gasteiger partial charge in [0.15, 0.2) is 0 Å². The lowest BCUT2D eigenvalue weighted by Gasteiger charge is -2.14. The van der Waals surface area contributed by atoms with Crippen LogP contribution in [0.15, 0.2) is 18.2 Å². The molecule has 7 heteroatoms. The molecule has 0 fully saturated rings. The van der Waals surface area contributed by atoms with Crippen molar-refractivity contribution in [2.75, 3.05) is 19.0 Å². The Morgan fingerprint density at radius 2 is 1.90 bits per heavy atom. The average Bonchev–Trinajstić information content (AvgIpc) is 2.83. The van der Waals surface area contributed by atoms with Gasteiger partial charge in [-0.2, -0.15) is 22.8 Å². The fourth-order valence-corrected chi connectivity index (χ4v) is 2.05. The predicted octanol–water partition coefficient (Wildman–Crippen LogP) is 3.22. The highest BCUT2D eigenvalue weighted by atomic mass is 19.4. The van der Waals surface area contributed by atoms with Gasteiger partial charge < -0.3 is 4.90 Å². The maximum absolute atomic E-state index is 12.8. The highest BCUT2D eigenvalue weighted by Crippen LogP contribution is 2.30. The van der Waals surface area contributed by atoms with E-state index in [-0.39, 0.29) is 5.95 Å². The zero-order valence-corrected chi connectivity index (χ0v) is 12.4. The van der Waals surface area contributed by atoms with Gasteiger partial charge >= 0.3 is 6.18 Å². The third-order valence-corrected chi connectivity index (χ3v) is 3.14. The van der Waals surface area contributed by atoms with Gasteiger partial charge in [0.05, 0.1) is 5.69 Å². The third kappa shape index (κ3) is 3.01. The van der Waals surface area contributed by atoms with Crippen molar-refractivity contribution in [3.63, 3.8) is 0 Å². The fourth-order valence-electron chi connectivity index (χ4n) is 2.05. The normalized spacial score (nSPS) is 11.8. The summed E-state index contributed by atoms with van der Waals surface area (Å²) >= 11 is 0. The van der Waals surface area contributed by atoms with E-state index in [0.29, 0.717) is 5.69 Å². The molecule has 0 N–H and O–H groups in total. The molecule has 0 bridgehead atoms. The SMILES string of the molecule is CCc1ccc(-n2nc(C(F)(F)F)nc2N(C)C)c(C)c1. The molecule has 0 aliphatic carbocycles. The standard InChI is InChI=1S/C14H17F3N4/c1-5-10-6-7-11(9(2)8-10)21-13(20(3)4)18-12(19-21)14(15,16)17/h6-8H,5H2,1-4H3. The lowest BCUT2D eigenvalue weighted by atomic mass is 10.1. The number of halogens is 3. The number of anilines is 1. The molecule has 1 aromatic carbocycles. The van der Waals surface area contributed by atoms with E-state index in [1.54, 1.807) is 20.2 Å². The van der Waals surface area contributed by atoms with Crippen LogP contribution in [0.2, 0.25) is 0 Å². The van der Waals surface area contributed by atoms with Crippen LogP contribution in [0.4, 0.5) is 19.1 Å². The first-order chi connectivity index (χ1) is 9.74. The minimum atomic E-state index is -4.56. The van der Waals surface area contributed by atoms with Gasteiger partial charge in [-0.3, -0.25) is 0 Å². The summed E-state index contributed by atoms with van der Waals surface area (Å²) < 4.78 is 39.7. The number of rotatable bonds is 3. The average molecular weight is 298 g/mol. The molecule has 0 aliphatic heterocycles. The van der Waals surface area contributed by atoms with Gasteiger partial charge in [0.25, 0.3) is 5.82 Å². The van der Waals surface area contributed by atoms with E-state index in [2.05, 4.69) is 10.1 Å². The van der Waals surface area contributed by atoms with Crippen LogP contribution in [-0.2, 0) is 12.6 Å². The van der Waals surface area contributed by atoms with Crippen molar-refractivity contribution in [2.45, 2.75) is 26.4 Å². The van der Waals surface area contributed by atoms with Crippen LogP contribution in [0.25, 0.3) is 5.69 Å². The molecule has 0 spiro atoms. The van der Waals surface area contributed by atoms with E-state index in [1.807, 2.05) is 26.0 Å². The Morgan fingerprint density at radius 3 is 2.38 bits per heavy atom. The largest absolute Gasteiger partial charge is 0.453 e. The summed E-state index contributed by atoms with van der Waals surface area (Å²) in [5.41, 5.74) is 2.58. The van der Waals surface area contributed by atoms with Crippen LogP contribution < -0.4 is 4.90 Å². The maximum Gasteiger partial charge on any atom is 0.453 e. The van der Waals surface area contributed by atoms with Crippen LogP contribution in [0.1, 0.15) is 23.9 Å². The first-order valence-electron chi connectivity index (χ1n) is 6.55. The quantitative estimate of drug-likeness (QED) is 0.872. The number of aryl methyl sites for hydroxylation is 2. The molecular formula is C14H17F3N4. The molecule has 114 valence electrons. The smallest absolute Gasteiger partial charge is 0.347 e. The molecule has 2 rings (SSSR count). The van der Waals surface area contributed by atoms with Crippen molar-refractivity contribution >= 4 is 5.95 Å². The van der Waals surface area contributed by atoms with E-state index in [1.165, 1.54) is 9.58 Å². The van der Waals surface area contributed by atoms with Crippen LogP contribution in [0.5, 0.6) is 0 Å².